The minimum absolute atomic E-state index is 0.294. The summed E-state index contributed by atoms with van der Waals surface area (Å²) in [7, 11) is 0. The second-order valence-electron chi connectivity index (χ2n) is 9.53. The third-order valence-corrected chi connectivity index (χ3v) is 6.30. The molecule has 0 fully saturated rings. The summed E-state index contributed by atoms with van der Waals surface area (Å²) in [6.45, 7) is 4.75. The van der Waals surface area contributed by atoms with Crippen LogP contribution >= 0.6 is 0 Å². The van der Waals surface area contributed by atoms with Gasteiger partial charge in [-0.1, -0.05) is 135 Å². The Bertz CT molecular complexity index is 375. The van der Waals surface area contributed by atoms with Gasteiger partial charge in [0.05, 0.1) is 0 Å². The summed E-state index contributed by atoms with van der Waals surface area (Å²) in [4.78, 5) is 10.4. The fraction of sp³-hybridized carbons (Fsp3) is 0.893. The van der Waals surface area contributed by atoms with Crippen LogP contribution in [0.3, 0.4) is 0 Å². The van der Waals surface area contributed by atoms with E-state index < -0.39 is 5.97 Å². The molecule has 0 aromatic carbocycles. The summed E-state index contributed by atoms with van der Waals surface area (Å²) in [5.41, 5.74) is 0. The summed E-state index contributed by atoms with van der Waals surface area (Å²) in [5, 5.41) is 8.58. The monoisotopic (exact) mass is 422 g/mol. The molecule has 0 aromatic rings. The van der Waals surface area contributed by atoms with Crippen LogP contribution in [-0.2, 0) is 4.79 Å². The zero-order valence-electron chi connectivity index (χ0n) is 20.6. The van der Waals surface area contributed by atoms with Gasteiger partial charge < -0.3 is 5.11 Å². The van der Waals surface area contributed by atoms with E-state index in [0.29, 0.717) is 6.42 Å². The van der Waals surface area contributed by atoms with Gasteiger partial charge >= 0.3 is 5.97 Å². The van der Waals surface area contributed by atoms with Crippen LogP contribution in [0, 0.1) is 5.92 Å². The molecule has 0 saturated heterocycles. The van der Waals surface area contributed by atoms with E-state index in [1.807, 2.05) is 0 Å². The van der Waals surface area contributed by atoms with Crippen LogP contribution < -0.4 is 0 Å². The Balaban J connectivity index is 3.17. The lowest BCUT2D eigenvalue weighted by Crippen LogP contribution is -1.95. The largest absolute Gasteiger partial charge is 0.481 e. The fourth-order valence-electron chi connectivity index (χ4n) is 4.19. The highest BCUT2D eigenvalue weighted by atomic mass is 16.4. The van der Waals surface area contributed by atoms with E-state index in [1.165, 1.54) is 116 Å². The molecule has 0 aliphatic rings. The van der Waals surface area contributed by atoms with Crippen LogP contribution in [-0.4, -0.2) is 11.1 Å². The first-order chi connectivity index (χ1) is 14.7. The van der Waals surface area contributed by atoms with E-state index in [2.05, 4.69) is 26.0 Å². The Morgan fingerprint density at radius 1 is 0.633 bits per heavy atom. The van der Waals surface area contributed by atoms with Crippen LogP contribution in [0.4, 0.5) is 0 Å². The van der Waals surface area contributed by atoms with Gasteiger partial charge in [0, 0.05) is 6.42 Å². The maximum absolute atomic E-state index is 10.4. The SMILES string of the molecule is CCCCCCCCC(C)CCCCCCCCCCCCC=CCCCC(=O)O. The molecule has 1 N–H and O–H groups in total. The van der Waals surface area contributed by atoms with Crippen molar-refractivity contribution in [1.29, 1.82) is 0 Å². The normalized spacial score (nSPS) is 12.6. The molecule has 30 heavy (non-hydrogen) atoms. The predicted molar refractivity (Wildman–Crippen MR) is 133 cm³/mol. The van der Waals surface area contributed by atoms with Gasteiger partial charge in [-0.25, -0.2) is 0 Å². The minimum atomic E-state index is -0.684. The van der Waals surface area contributed by atoms with Crippen molar-refractivity contribution in [2.75, 3.05) is 0 Å². The average Bonchev–Trinajstić information content (AvgIpc) is 2.72. The van der Waals surface area contributed by atoms with Crippen LogP contribution in [0.25, 0.3) is 0 Å². The first-order valence-corrected chi connectivity index (χ1v) is 13.5. The van der Waals surface area contributed by atoms with E-state index in [0.717, 1.165) is 25.2 Å². The second kappa shape index (κ2) is 24.5. The quantitative estimate of drug-likeness (QED) is 0.124. The maximum atomic E-state index is 10.4. The lowest BCUT2D eigenvalue weighted by atomic mass is 9.96. The first kappa shape index (κ1) is 29.2. The van der Waals surface area contributed by atoms with E-state index in [-0.39, 0.29) is 0 Å². The molecule has 0 amide bonds. The molecular weight excluding hydrogens is 368 g/mol. The molecule has 178 valence electrons. The van der Waals surface area contributed by atoms with E-state index in [9.17, 15) is 4.79 Å². The van der Waals surface area contributed by atoms with Crippen molar-refractivity contribution in [3.8, 4) is 0 Å². The van der Waals surface area contributed by atoms with Gasteiger partial charge in [0.25, 0.3) is 0 Å². The Morgan fingerprint density at radius 2 is 1.03 bits per heavy atom. The van der Waals surface area contributed by atoms with Crippen LogP contribution in [0.15, 0.2) is 12.2 Å². The zero-order chi connectivity index (χ0) is 22.1. The molecule has 2 nitrogen and oxygen atoms in total. The topological polar surface area (TPSA) is 37.3 Å². The van der Waals surface area contributed by atoms with Gasteiger partial charge in [-0.2, -0.15) is 0 Å². The third kappa shape index (κ3) is 25.2. The highest BCUT2D eigenvalue weighted by Gasteiger charge is 2.02. The molecule has 0 radical (unpaired) electrons. The van der Waals surface area contributed by atoms with Crippen molar-refractivity contribution in [2.24, 2.45) is 5.92 Å². The summed E-state index contributed by atoms with van der Waals surface area (Å²) in [6, 6.07) is 0. The van der Waals surface area contributed by atoms with Crippen LogP contribution in [0.1, 0.15) is 155 Å². The maximum Gasteiger partial charge on any atom is 0.303 e. The Hall–Kier alpha value is -0.790. The lowest BCUT2D eigenvalue weighted by Gasteiger charge is -2.11. The van der Waals surface area contributed by atoms with Gasteiger partial charge in [0.2, 0.25) is 0 Å². The van der Waals surface area contributed by atoms with Gasteiger partial charge in [-0.15, -0.1) is 0 Å². The van der Waals surface area contributed by atoms with Gasteiger partial charge in [-0.3, -0.25) is 4.79 Å². The van der Waals surface area contributed by atoms with Gasteiger partial charge in [-0.05, 0) is 31.6 Å². The van der Waals surface area contributed by atoms with Crippen molar-refractivity contribution in [3.05, 3.63) is 12.2 Å². The van der Waals surface area contributed by atoms with Crippen molar-refractivity contribution < 1.29 is 9.90 Å². The number of carboxylic acid groups (broad SMARTS) is 1. The molecule has 0 aliphatic carbocycles. The molecule has 0 heterocycles. The van der Waals surface area contributed by atoms with E-state index >= 15 is 0 Å². The molecule has 0 spiro atoms. The van der Waals surface area contributed by atoms with Crippen molar-refractivity contribution in [3.63, 3.8) is 0 Å². The zero-order valence-corrected chi connectivity index (χ0v) is 20.6. The average molecular weight is 423 g/mol. The fourth-order valence-corrected chi connectivity index (χ4v) is 4.19. The smallest absolute Gasteiger partial charge is 0.303 e. The van der Waals surface area contributed by atoms with Gasteiger partial charge in [0.15, 0.2) is 0 Å². The highest BCUT2D eigenvalue weighted by Crippen LogP contribution is 2.19. The van der Waals surface area contributed by atoms with Crippen LogP contribution in [0.2, 0.25) is 0 Å². The highest BCUT2D eigenvalue weighted by molar-refractivity contribution is 5.66. The minimum Gasteiger partial charge on any atom is -0.481 e. The number of unbranched alkanes of at least 4 members (excludes halogenated alkanes) is 16. The van der Waals surface area contributed by atoms with Gasteiger partial charge in [0.1, 0.15) is 0 Å². The molecular formula is C28H54O2. The number of hydrogen-bond acceptors (Lipinski definition) is 1. The van der Waals surface area contributed by atoms with Crippen molar-refractivity contribution in [1.82, 2.24) is 0 Å². The number of rotatable bonds is 24. The standard InChI is InChI=1S/C28H54O2/c1-3-4-5-6-18-21-24-27(2)25-22-19-16-14-12-10-8-7-9-11-13-15-17-20-23-26-28(29)30/h15,17,27H,3-14,16,18-26H2,1-2H3,(H,29,30). The Labute approximate surface area is 189 Å². The summed E-state index contributed by atoms with van der Waals surface area (Å²) in [6.07, 6.45) is 33.0. The lowest BCUT2D eigenvalue weighted by molar-refractivity contribution is -0.137. The molecule has 0 saturated carbocycles. The second-order valence-corrected chi connectivity index (χ2v) is 9.53. The van der Waals surface area contributed by atoms with E-state index in [4.69, 9.17) is 5.11 Å². The third-order valence-electron chi connectivity index (χ3n) is 6.30. The molecule has 1 unspecified atom stereocenters. The number of carboxylic acids is 1. The molecule has 0 aromatic heterocycles. The Kier molecular flexibility index (Phi) is 23.8. The number of allylic oxidation sites excluding steroid dienone is 2. The van der Waals surface area contributed by atoms with Crippen molar-refractivity contribution >= 4 is 5.97 Å². The molecule has 0 bridgehead atoms. The summed E-state index contributed by atoms with van der Waals surface area (Å²) < 4.78 is 0. The first-order valence-electron chi connectivity index (χ1n) is 13.5. The number of carbonyl (C=O) groups is 1. The van der Waals surface area contributed by atoms with Crippen LogP contribution in [0.5, 0.6) is 0 Å². The molecule has 2 heteroatoms. The molecule has 0 aliphatic heterocycles. The predicted octanol–water partition coefficient (Wildman–Crippen LogP) is 9.87. The van der Waals surface area contributed by atoms with E-state index in [1.54, 1.807) is 0 Å². The summed E-state index contributed by atoms with van der Waals surface area (Å²) in [5.74, 6) is 0.257. The Morgan fingerprint density at radius 3 is 1.50 bits per heavy atom. The number of hydrogen-bond donors (Lipinski definition) is 1. The molecule has 0 rings (SSSR count). The number of aliphatic carboxylic acids is 1. The summed E-state index contributed by atoms with van der Waals surface area (Å²) >= 11 is 0. The van der Waals surface area contributed by atoms with Crippen molar-refractivity contribution in [2.45, 2.75) is 155 Å². The molecule has 1 atom stereocenters.